The van der Waals surface area contributed by atoms with Gasteiger partial charge in [0.05, 0.1) is 16.7 Å². The molecule has 0 fully saturated rings. The Hall–Kier alpha value is -3.04. The summed E-state index contributed by atoms with van der Waals surface area (Å²) >= 11 is 0. The highest BCUT2D eigenvalue weighted by Gasteiger charge is 2.37. The van der Waals surface area contributed by atoms with Crippen LogP contribution < -0.4 is 4.74 Å². The van der Waals surface area contributed by atoms with Gasteiger partial charge >= 0.3 is 24.3 Å². The maximum Gasteiger partial charge on any atom is 0.416 e. The molecule has 0 heterocycles. The summed E-state index contributed by atoms with van der Waals surface area (Å²) in [6, 6.07) is 4.93. The number of esters is 1. The van der Waals surface area contributed by atoms with Crippen LogP contribution in [0.2, 0.25) is 0 Å². The molecule has 0 atom stereocenters. The molecule has 0 saturated carbocycles. The Labute approximate surface area is 141 Å². The van der Waals surface area contributed by atoms with E-state index in [1.54, 1.807) is 0 Å². The highest BCUT2D eigenvalue weighted by atomic mass is 19.4. The van der Waals surface area contributed by atoms with Crippen LogP contribution in [0.4, 0.5) is 26.3 Å². The van der Waals surface area contributed by atoms with Crippen molar-refractivity contribution in [2.45, 2.75) is 12.4 Å². The predicted molar refractivity (Wildman–Crippen MR) is 74.8 cm³/mol. The lowest BCUT2D eigenvalue weighted by Gasteiger charge is -2.14. The Morgan fingerprint density at radius 2 is 1.35 bits per heavy atom. The normalized spacial score (nSPS) is 11.9. The van der Waals surface area contributed by atoms with Crippen molar-refractivity contribution in [3.05, 3.63) is 64.7 Å². The van der Waals surface area contributed by atoms with E-state index in [2.05, 4.69) is 4.74 Å². The number of carboxylic acid groups (broad SMARTS) is 1. The first kappa shape index (κ1) is 19.3. The molecule has 1 N–H and O–H groups in total. The van der Waals surface area contributed by atoms with Gasteiger partial charge in [-0.25, -0.2) is 9.59 Å². The summed E-state index contributed by atoms with van der Waals surface area (Å²) < 4.78 is 81.5. The lowest BCUT2D eigenvalue weighted by molar-refractivity contribution is -0.143. The maximum atomic E-state index is 12.8. The van der Waals surface area contributed by atoms with Crippen molar-refractivity contribution in [3.8, 4) is 5.75 Å². The molecule has 0 aliphatic rings. The van der Waals surface area contributed by atoms with Crippen LogP contribution in [0.15, 0.2) is 42.5 Å². The van der Waals surface area contributed by atoms with Gasteiger partial charge in [-0.3, -0.25) is 0 Å². The highest BCUT2D eigenvalue weighted by Crippen LogP contribution is 2.36. The minimum atomic E-state index is -5.13. The predicted octanol–water partition coefficient (Wildman–Crippen LogP) is 4.64. The van der Waals surface area contributed by atoms with E-state index in [1.807, 2.05) is 0 Å². The molecule has 0 saturated heterocycles. The third-order valence-electron chi connectivity index (χ3n) is 3.14. The van der Waals surface area contributed by atoms with Gasteiger partial charge in [-0.05, 0) is 30.3 Å². The molecular formula is C16H8F6O4. The van der Waals surface area contributed by atoms with Gasteiger partial charge in [0.2, 0.25) is 0 Å². The van der Waals surface area contributed by atoms with Crippen molar-refractivity contribution < 1.29 is 45.8 Å². The first-order valence-electron chi connectivity index (χ1n) is 6.73. The monoisotopic (exact) mass is 378 g/mol. The molecule has 4 nitrogen and oxygen atoms in total. The van der Waals surface area contributed by atoms with Crippen molar-refractivity contribution in [1.29, 1.82) is 0 Å². The molecule has 2 rings (SSSR count). The van der Waals surface area contributed by atoms with Crippen LogP contribution in [0.1, 0.15) is 31.8 Å². The summed E-state index contributed by atoms with van der Waals surface area (Å²) in [5.41, 5.74) is -4.88. The number of rotatable bonds is 3. The lowest BCUT2D eigenvalue weighted by Crippen LogP contribution is -2.16. The number of aromatic carboxylic acids is 1. The summed E-state index contributed by atoms with van der Waals surface area (Å²) in [5.74, 6) is -3.57. The smallest absolute Gasteiger partial charge is 0.416 e. The number of carbonyl (C=O) groups is 2. The van der Waals surface area contributed by atoms with Crippen LogP contribution in [0.5, 0.6) is 5.75 Å². The first-order valence-corrected chi connectivity index (χ1v) is 6.73. The van der Waals surface area contributed by atoms with Crippen LogP contribution in [0, 0.1) is 0 Å². The molecule has 0 unspecified atom stereocenters. The van der Waals surface area contributed by atoms with Gasteiger partial charge in [-0.2, -0.15) is 26.3 Å². The summed E-state index contributed by atoms with van der Waals surface area (Å²) in [4.78, 5) is 23.0. The molecule has 2 aromatic carbocycles. The maximum absolute atomic E-state index is 12.8. The Balaban J connectivity index is 2.48. The van der Waals surface area contributed by atoms with Crippen molar-refractivity contribution in [3.63, 3.8) is 0 Å². The second kappa shape index (κ2) is 6.70. The Kier molecular flexibility index (Phi) is 4.97. The molecule has 0 bridgehead atoms. The molecule has 0 amide bonds. The van der Waals surface area contributed by atoms with Crippen LogP contribution >= 0.6 is 0 Å². The minimum absolute atomic E-state index is 0.137. The number of hydrogen-bond acceptors (Lipinski definition) is 3. The minimum Gasteiger partial charge on any atom is -0.478 e. The number of ether oxygens (including phenoxy) is 1. The molecule has 0 spiro atoms. The molecule has 10 heteroatoms. The van der Waals surface area contributed by atoms with Crippen molar-refractivity contribution in [1.82, 2.24) is 0 Å². The van der Waals surface area contributed by atoms with Crippen molar-refractivity contribution in [2.75, 3.05) is 0 Å². The number of hydrogen-bond donors (Lipinski definition) is 1. The molecule has 0 radical (unpaired) electrons. The fourth-order valence-electron chi connectivity index (χ4n) is 1.96. The molecule has 138 valence electrons. The summed E-state index contributed by atoms with van der Waals surface area (Å²) in [5, 5.41) is 8.96. The number of para-hydroxylation sites is 1. The van der Waals surface area contributed by atoms with Gasteiger partial charge in [0.25, 0.3) is 0 Å². The van der Waals surface area contributed by atoms with E-state index in [-0.39, 0.29) is 18.2 Å². The summed E-state index contributed by atoms with van der Waals surface area (Å²) in [6.45, 7) is 0. The van der Waals surface area contributed by atoms with E-state index >= 15 is 0 Å². The zero-order valence-electron chi connectivity index (χ0n) is 12.5. The van der Waals surface area contributed by atoms with E-state index in [9.17, 15) is 35.9 Å². The van der Waals surface area contributed by atoms with Crippen molar-refractivity contribution >= 4 is 11.9 Å². The fourth-order valence-corrected chi connectivity index (χ4v) is 1.96. The third-order valence-corrected chi connectivity index (χ3v) is 3.14. The number of halogens is 6. The van der Waals surface area contributed by atoms with E-state index < -0.39 is 52.3 Å². The SMILES string of the molecule is O=C(Oc1ccccc1C(=O)O)c1cc(C(F)(F)F)cc(C(F)(F)F)c1. The van der Waals surface area contributed by atoms with Crippen LogP contribution in [-0.4, -0.2) is 17.0 Å². The van der Waals surface area contributed by atoms with E-state index in [0.717, 1.165) is 12.1 Å². The Morgan fingerprint density at radius 3 is 1.81 bits per heavy atom. The number of alkyl halides is 6. The van der Waals surface area contributed by atoms with Gasteiger partial charge < -0.3 is 9.84 Å². The second-order valence-corrected chi connectivity index (χ2v) is 4.99. The molecular weight excluding hydrogens is 370 g/mol. The Morgan fingerprint density at radius 1 is 0.846 bits per heavy atom. The van der Waals surface area contributed by atoms with Crippen LogP contribution in [0.25, 0.3) is 0 Å². The largest absolute Gasteiger partial charge is 0.478 e. The molecule has 0 aliphatic carbocycles. The van der Waals surface area contributed by atoms with Gasteiger partial charge in [0, 0.05) is 0 Å². The summed E-state index contributed by atoms with van der Waals surface area (Å²) in [6.07, 6.45) is -10.3. The fraction of sp³-hybridized carbons (Fsp3) is 0.125. The third kappa shape index (κ3) is 4.32. The van der Waals surface area contributed by atoms with Gasteiger partial charge in [0.15, 0.2) is 0 Å². The first-order chi connectivity index (χ1) is 11.9. The van der Waals surface area contributed by atoms with E-state index in [1.165, 1.54) is 12.1 Å². The zero-order valence-corrected chi connectivity index (χ0v) is 12.5. The molecule has 2 aromatic rings. The van der Waals surface area contributed by atoms with E-state index in [4.69, 9.17) is 5.11 Å². The molecule has 26 heavy (non-hydrogen) atoms. The van der Waals surface area contributed by atoms with Gasteiger partial charge in [0.1, 0.15) is 11.3 Å². The highest BCUT2D eigenvalue weighted by molar-refractivity contribution is 5.95. The quantitative estimate of drug-likeness (QED) is 0.480. The number of carbonyl (C=O) groups excluding carboxylic acids is 1. The molecule has 0 aliphatic heterocycles. The molecule has 0 aromatic heterocycles. The standard InChI is InChI=1S/C16H8F6O4/c17-15(18,19)9-5-8(6-10(7-9)16(20,21)22)14(25)26-12-4-2-1-3-11(12)13(23)24/h1-7H,(H,23,24). The number of benzene rings is 2. The van der Waals surface area contributed by atoms with Gasteiger partial charge in [-0.15, -0.1) is 0 Å². The Bertz CT molecular complexity index is 822. The van der Waals surface area contributed by atoms with Gasteiger partial charge in [-0.1, -0.05) is 12.1 Å². The van der Waals surface area contributed by atoms with Crippen LogP contribution in [0.3, 0.4) is 0 Å². The summed E-state index contributed by atoms with van der Waals surface area (Å²) in [7, 11) is 0. The number of carboxylic acids is 1. The second-order valence-electron chi connectivity index (χ2n) is 4.99. The van der Waals surface area contributed by atoms with E-state index in [0.29, 0.717) is 0 Å². The van der Waals surface area contributed by atoms with Crippen LogP contribution in [-0.2, 0) is 12.4 Å². The van der Waals surface area contributed by atoms with Crippen molar-refractivity contribution in [2.24, 2.45) is 0 Å². The lowest BCUT2D eigenvalue weighted by atomic mass is 10.0. The average Bonchev–Trinajstić information content (AvgIpc) is 2.53. The topological polar surface area (TPSA) is 63.6 Å². The average molecular weight is 378 g/mol. The zero-order chi connectivity index (χ0) is 19.7.